The predicted octanol–water partition coefficient (Wildman–Crippen LogP) is 12.7. The van der Waals surface area contributed by atoms with E-state index >= 15 is 0 Å². The SMILES string of the molecule is [2H]c1c([2H])c([2H])c2c(Cc3c4c([2H])c([2H])c([2H])c([2H])c4c(-c4ccc5oc6cc7oc(-c8ccccc8)cc7cc6c5c4)c4c([2H])c([2H])c([2H])c([2H])c34)c([2H])c([2H])c([2H])c2c1[2H]. The molecule has 2 heterocycles. The van der Waals surface area contributed by atoms with Gasteiger partial charge in [0.25, 0.3) is 0 Å². The van der Waals surface area contributed by atoms with Gasteiger partial charge in [0.05, 0.1) is 20.6 Å². The Kier molecular flexibility index (Phi) is 3.35. The molecule has 47 heavy (non-hydrogen) atoms. The normalized spacial score (nSPS) is 16.4. The fourth-order valence-electron chi connectivity index (χ4n) is 6.55. The molecule has 0 fully saturated rings. The molecule has 2 aromatic heterocycles. The molecule has 2 heteroatoms. The van der Waals surface area contributed by atoms with Gasteiger partial charge in [-0.25, -0.2) is 0 Å². The third-order valence-corrected chi connectivity index (χ3v) is 8.68. The van der Waals surface area contributed by atoms with Crippen molar-refractivity contribution in [2.45, 2.75) is 6.42 Å². The molecule has 0 amide bonds. The Morgan fingerprint density at radius 3 is 1.91 bits per heavy atom. The van der Waals surface area contributed by atoms with Crippen molar-refractivity contribution in [3.05, 3.63) is 168 Å². The van der Waals surface area contributed by atoms with Crippen molar-refractivity contribution in [3.8, 4) is 22.5 Å². The van der Waals surface area contributed by atoms with Gasteiger partial charge in [0.2, 0.25) is 0 Å². The van der Waals surface area contributed by atoms with Crippen molar-refractivity contribution >= 4 is 65.2 Å². The molecule has 8 aromatic carbocycles. The Labute approximate surface area is 292 Å². The van der Waals surface area contributed by atoms with Crippen LogP contribution >= 0.6 is 0 Å². The third kappa shape index (κ3) is 4.12. The van der Waals surface area contributed by atoms with Gasteiger partial charge in [0.15, 0.2) is 0 Å². The summed E-state index contributed by atoms with van der Waals surface area (Å²) >= 11 is 0. The van der Waals surface area contributed by atoms with Gasteiger partial charge in [-0.3, -0.25) is 0 Å². The highest BCUT2D eigenvalue weighted by Gasteiger charge is 2.18. The molecule has 0 atom stereocenters. The molecule has 2 nitrogen and oxygen atoms in total. The minimum absolute atomic E-state index is 0.0744. The summed E-state index contributed by atoms with van der Waals surface area (Å²) in [5, 5.41) is 1.00. The fraction of sp³-hybridized carbons (Fsp3) is 0.0222. The fourth-order valence-corrected chi connectivity index (χ4v) is 6.55. The third-order valence-electron chi connectivity index (χ3n) is 8.68. The molecule has 0 radical (unpaired) electrons. The van der Waals surface area contributed by atoms with E-state index in [-0.39, 0.29) is 49.0 Å². The minimum atomic E-state index is -0.665. The molecule has 10 rings (SSSR count). The molecule has 0 saturated carbocycles. The van der Waals surface area contributed by atoms with Crippen LogP contribution in [0.15, 0.2) is 166 Å². The monoisotopic (exact) mass is 615 g/mol. The van der Waals surface area contributed by atoms with Crippen molar-refractivity contribution in [2.24, 2.45) is 0 Å². The van der Waals surface area contributed by atoms with Crippen LogP contribution in [0.1, 0.15) is 31.7 Å². The summed E-state index contributed by atoms with van der Waals surface area (Å²) in [5.74, 6) is 0.653. The molecule has 0 saturated heterocycles. The lowest BCUT2D eigenvalue weighted by molar-refractivity contribution is 0.628. The zero-order valence-electron chi connectivity index (χ0n) is 39.4. The van der Waals surface area contributed by atoms with Crippen molar-refractivity contribution in [1.82, 2.24) is 0 Å². The van der Waals surface area contributed by atoms with E-state index < -0.39 is 97.1 Å². The molecular weight excluding hydrogens is 572 g/mol. The lowest BCUT2D eigenvalue weighted by atomic mass is 9.85. The van der Waals surface area contributed by atoms with Crippen LogP contribution in [-0.4, -0.2) is 0 Å². The van der Waals surface area contributed by atoms with Crippen LogP contribution < -0.4 is 0 Å². The van der Waals surface area contributed by atoms with Gasteiger partial charge in [0, 0.05) is 27.8 Å². The second-order valence-electron chi connectivity index (χ2n) is 11.3. The number of furan rings is 2. The van der Waals surface area contributed by atoms with Crippen molar-refractivity contribution < 1.29 is 29.4 Å². The number of benzene rings is 8. The molecule has 10 aromatic rings. The molecular formula is C45H28O2. The van der Waals surface area contributed by atoms with Gasteiger partial charge in [-0.05, 0) is 85.3 Å². The van der Waals surface area contributed by atoms with E-state index in [1.165, 1.54) is 0 Å². The van der Waals surface area contributed by atoms with E-state index in [0.717, 1.165) is 10.9 Å². The first kappa shape index (κ1) is 15.4. The zero-order valence-corrected chi connectivity index (χ0v) is 24.4. The molecule has 0 spiro atoms. The van der Waals surface area contributed by atoms with Crippen LogP contribution in [0.3, 0.4) is 0 Å². The van der Waals surface area contributed by atoms with Gasteiger partial charge in [-0.2, -0.15) is 0 Å². The highest BCUT2D eigenvalue weighted by Crippen LogP contribution is 2.43. The number of hydrogen-bond acceptors (Lipinski definition) is 2. The quantitative estimate of drug-likeness (QED) is 0.184. The van der Waals surface area contributed by atoms with Gasteiger partial charge in [0.1, 0.15) is 22.5 Å². The number of rotatable bonds is 4. The Bertz CT molecular complexity index is 3580. The van der Waals surface area contributed by atoms with Crippen molar-refractivity contribution in [3.63, 3.8) is 0 Å². The van der Waals surface area contributed by atoms with Crippen LogP contribution in [-0.2, 0) is 6.42 Å². The van der Waals surface area contributed by atoms with Gasteiger partial charge in [-0.15, -0.1) is 0 Å². The van der Waals surface area contributed by atoms with E-state index in [1.807, 2.05) is 42.5 Å². The maximum Gasteiger partial charge on any atom is 0.139 e. The first-order valence-corrected chi connectivity index (χ1v) is 14.9. The van der Waals surface area contributed by atoms with Crippen molar-refractivity contribution in [1.29, 1.82) is 0 Å². The highest BCUT2D eigenvalue weighted by atomic mass is 16.3. The summed E-state index contributed by atoms with van der Waals surface area (Å²) in [5.41, 5.74) is 2.58. The summed E-state index contributed by atoms with van der Waals surface area (Å²) < 4.78 is 146. The molecule has 0 aliphatic heterocycles. The first-order valence-electron chi connectivity index (χ1n) is 22.4. The Morgan fingerprint density at radius 1 is 0.447 bits per heavy atom. The largest absolute Gasteiger partial charge is 0.456 e. The molecule has 0 bridgehead atoms. The second-order valence-corrected chi connectivity index (χ2v) is 11.3. The van der Waals surface area contributed by atoms with Gasteiger partial charge in [-0.1, -0.05) is 127 Å². The molecule has 0 aliphatic carbocycles. The van der Waals surface area contributed by atoms with Crippen LogP contribution in [0.4, 0.5) is 0 Å². The van der Waals surface area contributed by atoms with Gasteiger partial charge >= 0.3 is 0 Å². The highest BCUT2D eigenvalue weighted by molar-refractivity contribution is 6.17. The summed E-state index contributed by atoms with van der Waals surface area (Å²) in [6.45, 7) is 0. The van der Waals surface area contributed by atoms with E-state index in [0.29, 0.717) is 38.8 Å². The summed E-state index contributed by atoms with van der Waals surface area (Å²) in [7, 11) is 0. The zero-order chi connectivity index (χ0) is 44.0. The van der Waals surface area contributed by atoms with E-state index in [1.54, 1.807) is 24.3 Å². The summed E-state index contributed by atoms with van der Waals surface area (Å²) in [6.07, 6.45) is -0.571. The lowest BCUT2D eigenvalue weighted by Crippen LogP contribution is -1.96. The first-order chi connectivity index (χ1) is 29.5. The number of fused-ring (bicyclic) bond motifs is 7. The number of hydrogen-bond donors (Lipinski definition) is 0. The predicted molar refractivity (Wildman–Crippen MR) is 196 cm³/mol. The second kappa shape index (κ2) is 10.2. The Morgan fingerprint density at radius 2 is 1.13 bits per heavy atom. The Hall–Kier alpha value is -6.12. The maximum absolute atomic E-state index is 9.36. The summed E-state index contributed by atoms with van der Waals surface area (Å²) in [6, 6.07) is 11.2. The molecule has 0 aliphatic rings. The Balaban J connectivity index is 1.34. The standard InChI is InChI=1S/C45H28O2/c1-2-12-29(13-3-1)42-26-32-25-40-39-24-31(21-22-41(39)46-44(40)27-43(32)47-42)45-36-19-8-6-17-34(36)38(35-18-7-9-20-37(35)45)23-30-15-10-14-28-11-4-5-16-33(28)30/h1-22,24-27H,23H2/i4D,5D,6D,7D,8D,9D,10D,11D,14D,15D,16D,17D,18D,19D,20D. The maximum atomic E-state index is 9.36. The van der Waals surface area contributed by atoms with Crippen LogP contribution in [0, 0.1) is 0 Å². The minimum Gasteiger partial charge on any atom is -0.456 e. The molecule has 220 valence electrons. The van der Waals surface area contributed by atoms with E-state index in [9.17, 15) is 5.48 Å². The van der Waals surface area contributed by atoms with Crippen LogP contribution in [0.5, 0.6) is 0 Å². The average molecular weight is 616 g/mol. The smallest absolute Gasteiger partial charge is 0.139 e. The molecule has 0 N–H and O–H groups in total. The van der Waals surface area contributed by atoms with E-state index in [4.69, 9.17) is 23.9 Å². The van der Waals surface area contributed by atoms with Crippen LogP contribution in [0.2, 0.25) is 0 Å². The topological polar surface area (TPSA) is 26.3 Å². The molecule has 0 unspecified atom stereocenters. The van der Waals surface area contributed by atoms with Gasteiger partial charge < -0.3 is 8.83 Å². The van der Waals surface area contributed by atoms with E-state index in [2.05, 4.69) is 0 Å². The average Bonchev–Trinajstić information content (AvgIpc) is 3.86. The lowest BCUT2D eigenvalue weighted by Gasteiger charge is -2.18. The van der Waals surface area contributed by atoms with Crippen molar-refractivity contribution in [2.75, 3.05) is 0 Å². The summed E-state index contributed by atoms with van der Waals surface area (Å²) in [4.78, 5) is 0. The van der Waals surface area contributed by atoms with Crippen LogP contribution in [0.25, 0.3) is 87.7 Å².